The van der Waals surface area contributed by atoms with Crippen LogP contribution >= 0.6 is 0 Å². The van der Waals surface area contributed by atoms with Crippen molar-refractivity contribution >= 4 is 22.6 Å². The van der Waals surface area contributed by atoms with Crippen LogP contribution in [0.3, 0.4) is 0 Å². The van der Waals surface area contributed by atoms with Crippen LogP contribution in [0, 0.1) is 5.82 Å². The third kappa shape index (κ3) is 3.30. The first-order valence-electron chi connectivity index (χ1n) is 10.6. The summed E-state index contributed by atoms with van der Waals surface area (Å²) in [6.07, 6.45) is 4.09. The molecular formula is C23H22FN5O3. The molecule has 0 aliphatic heterocycles. The van der Waals surface area contributed by atoms with Crippen molar-refractivity contribution in [2.45, 2.75) is 38.3 Å². The number of aryl methyl sites for hydroxylation is 1. The molecule has 1 saturated carbocycles. The quantitative estimate of drug-likeness (QED) is 0.532. The number of halogens is 1. The number of fused-ring (bicyclic) bond motifs is 3. The summed E-state index contributed by atoms with van der Waals surface area (Å²) in [6.45, 7) is -0.0786. The second-order valence-corrected chi connectivity index (χ2v) is 8.22. The van der Waals surface area contributed by atoms with Gasteiger partial charge in [-0.2, -0.15) is 0 Å². The van der Waals surface area contributed by atoms with E-state index in [4.69, 9.17) is 0 Å². The maximum absolute atomic E-state index is 14.1. The van der Waals surface area contributed by atoms with E-state index in [2.05, 4.69) is 10.4 Å². The molecule has 0 radical (unpaired) electrons. The van der Waals surface area contributed by atoms with Crippen LogP contribution in [0.1, 0.15) is 41.6 Å². The average molecular weight is 435 g/mol. The summed E-state index contributed by atoms with van der Waals surface area (Å²) in [5.74, 6) is -0.558. The Balaban J connectivity index is 1.65. The van der Waals surface area contributed by atoms with E-state index in [1.54, 1.807) is 36.4 Å². The Morgan fingerprint density at radius 3 is 2.66 bits per heavy atom. The van der Waals surface area contributed by atoms with Crippen LogP contribution in [0.5, 0.6) is 0 Å². The van der Waals surface area contributed by atoms with E-state index in [-0.39, 0.29) is 29.8 Å². The predicted octanol–water partition coefficient (Wildman–Crippen LogP) is 2.21. The number of amides is 1. The molecule has 5 rings (SSSR count). The summed E-state index contributed by atoms with van der Waals surface area (Å²) in [4.78, 5) is 38.8. The van der Waals surface area contributed by atoms with Gasteiger partial charge >= 0.3 is 5.69 Å². The fraction of sp³-hybridized carbons (Fsp3) is 0.304. The molecule has 1 fully saturated rings. The molecule has 32 heavy (non-hydrogen) atoms. The fourth-order valence-corrected chi connectivity index (χ4v) is 4.36. The van der Waals surface area contributed by atoms with Crippen molar-refractivity contribution in [3.63, 3.8) is 0 Å². The molecule has 0 unspecified atom stereocenters. The molecule has 2 heterocycles. The number of aromatic nitrogens is 4. The van der Waals surface area contributed by atoms with Gasteiger partial charge in [0.1, 0.15) is 5.82 Å². The molecular weight excluding hydrogens is 413 g/mol. The van der Waals surface area contributed by atoms with Gasteiger partial charge in [0.25, 0.3) is 11.5 Å². The summed E-state index contributed by atoms with van der Waals surface area (Å²) < 4.78 is 17.8. The van der Waals surface area contributed by atoms with Crippen LogP contribution in [-0.4, -0.2) is 30.7 Å². The van der Waals surface area contributed by atoms with Crippen molar-refractivity contribution in [1.29, 1.82) is 0 Å². The summed E-state index contributed by atoms with van der Waals surface area (Å²) in [5, 5.41) is 7.60. The zero-order valence-electron chi connectivity index (χ0n) is 17.5. The first-order chi connectivity index (χ1) is 15.4. The van der Waals surface area contributed by atoms with Crippen LogP contribution in [0.15, 0.2) is 52.1 Å². The Morgan fingerprint density at radius 2 is 1.91 bits per heavy atom. The molecule has 2 aromatic heterocycles. The molecule has 0 spiro atoms. The highest BCUT2D eigenvalue weighted by molar-refractivity contribution is 5.98. The molecule has 0 saturated heterocycles. The monoisotopic (exact) mass is 435 g/mol. The molecule has 2 aromatic carbocycles. The molecule has 1 aliphatic carbocycles. The lowest BCUT2D eigenvalue weighted by Crippen LogP contribution is -2.32. The largest absolute Gasteiger partial charge is 0.352 e. The molecule has 8 nitrogen and oxygen atoms in total. The van der Waals surface area contributed by atoms with Crippen molar-refractivity contribution in [2.75, 3.05) is 0 Å². The molecule has 0 bridgehead atoms. The van der Waals surface area contributed by atoms with Crippen molar-refractivity contribution in [1.82, 2.24) is 24.1 Å². The SMILES string of the molecule is Cn1c(=O)c2ccc(C(=O)NC3CCCC3)cc2n2c(=O)n(Cc3ccccc3F)nc12. The highest BCUT2D eigenvalue weighted by Crippen LogP contribution is 2.19. The van der Waals surface area contributed by atoms with E-state index in [9.17, 15) is 18.8 Å². The van der Waals surface area contributed by atoms with Gasteiger partial charge in [-0.25, -0.2) is 18.3 Å². The van der Waals surface area contributed by atoms with E-state index in [1.807, 2.05) is 0 Å². The molecule has 164 valence electrons. The van der Waals surface area contributed by atoms with Gasteiger partial charge in [-0.05, 0) is 37.1 Å². The molecule has 9 heteroatoms. The Morgan fingerprint density at radius 1 is 1.16 bits per heavy atom. The van der Waals surface area contributed by atoms with Gasteiger partial charge in [-0.15, -0.1) is 5.10 Å². The van der Waals surface area contributed by atoms with Crippen LogP contribution < -0.4 is 16.6 Å². The first-order valence-corrected chi connectivity index (χ1v) is 10.6. The van der Waals surface area contributed by atoms with Crippen LogP contribution in [0.4, 0.5) is 4.39 Å². The summed E-state index contributed by atoms with van der Waals surface area (Å²) in [7, 11) is 1.53. The van der Waals surface area contributed by atoms with E-state index in [0.29, 0.717) is 22.0 Å². The van der Waals surface area contributed by atoms with Crippen LogP contribution in [-0.2, 0) is 13.6 Å². The molecule has 1 amide bonds. The maximum Gasteiger partial charge on any atom is 0.352 e. The normalized spacial score (nSPS) is 14.4. The minimum absolute atomic E-state index is 0.0786. The van der Waals surface area contributed by atoms with E-state index in [0.717, 1.165) is 30.4 Å². The molecule has 1 aliphatic rings. The van der Waals surface area contributed by atoms with Gasteiger partial charge in [0.05, 0.1) is 17.4 Å². The highest BCUT2D eigenvalue weighted by Gasteiger charge is 2.21. The number of hydrogen-bond acceptors (Lipinski definition) is 4. The standard InChI is InChI=1S/C23H22FN5O3/c1-27-21(31)17-11-10-14(20(30)25-16-7-3-4-8-16)12-19(17)29-22(27)26-28(23(29)32)13-15-6-2-5-9-18(15)24/h2,5-6,9-12,16H,3-4,7-8,13H2,1H3,(H,25,30). The van der Waals surface area contributed by atoms with Crippen molar-refractivity contribution in [3.05, 3.63) is 80.2 Å². The number of carbonyl (C=O) groups is 1. The number of rotatable bonds is 4. The van der Waals surface area contributed by atoms with Crippen molar-refractivity contribution in [2.24, 2.45) is 7.05 Å². The number of hydrogen-bond donors (Lipinski definition) is 1. The van der Waals surface area contributed by atoms with Crippen molar-refractivity contribution < 1.29 is 9.18 Å². The second-order valence-electron chi connectivity index (χ2n) is 8.22. The second kappa shape index (κ2) is 7.74. The van der Waals surface area contributed by atoms with Gasteiger partial charge < -0.3 is 5.32 Å². The average Bonchev–Trinajstić information content (AvgIpc) is 3.41. The first kappa shape index (κ1) is 20.2. The Bertz CT molecular complexity index is 1480. The van der Waals surface area contributed by atoms with Gasteiger partial charge in [-0.1, -0.05) is 31.0 Å². The summed E-state index contributed by atoms with van der Waals surface area (Å²) in [5.41, 5.74) is 0.124. The molecule has 0 atom stereocenters. The minimum Gasteiger partial charge on any atom is -0.349 e. The zero-order chi connectivity index (χ0) is 22.4. The van der Waals surface area contributed by atoms with Gasteiger partial charge in [0.15, 0.2) is 0 Å². The van der Waals surface area contributed by atoms with Gasteiger partial charge in [-0.3, -0.25) is 14.2 Å². The summed E-state index contributed by atoms with van der Waals surface area (Å²) in [6, 6.07) is 11.0. The maximum atomic E-state index is 14.1. The lowest BCUT2D eigenvalue weighted by Gasteiger charge is -2.12. The van der Waals surface area contributed by atoms with Gasteiger partial charge in [0.2, 0.25) is 5.78 Å². The Hall–Kier alpha value is -3.75. The van der Waals surface area contributed by atoms with Crippen LogP contribution in [0.2, 0.25) is 0 Å². The lowest BCUT2D eigenvalue weighted by molar-refractivity contribution is 0.0938. The number of carbonyl (C=O) groups excluding carboxylic acids is 1. The Labute approximate surface area is 181 Å². The number of benzene rings is 2. The lowest BCUT2D eigenvalue weighted by atomic mass is 10.1. The molecule has 4 aromatic rings. The molecule has 1 N–H and O–H groups in total. The smallest absolute Gasteiger partial charge is 0.349 e. The third-order valence-corrected chi connectivity index (χ3v) is 6.13. The van der Waals surface area contributed by atoms with Crippen LogP contribution in [0.25, 0.3) is 16.7 Å². The highest BCUT2D eigenvalue weighted by atomic mass is 19.1. The van der Waals surface area contributed by atoms with E-state index >= 15 is 0 Å². The Kier molecular flexibility index (Phi) is 4.88. The predicted molar refractivity (Wildman–Crippen MR) is 117 cm³/mol. The number of nitrogens with zero attached hydrogens (tertiary/aromatic N) is 4. The third-order valence-electron chi connectivity index (χ3n) is 6.13. The minimum atomic E-state index is -0.516. The topological polar surface area (TPSA) is 90.4 Å². The zero-order valence-corrected chi connectivity index (χ0v) is 17.5. The van der Waals surface area contributed by atoms with E-state index < -0.39 is 11.5 Å². The summed E-state index contributed by atoms with van der Waals surface area (Å²) >= 11 is 0. The van der Waals surface area contributed by atoms with Gasteiger partial charge in [0, 0.05) is 24.2 Å². The fourth-order valence-electron chi connectivity index (χ4n) is 4.36. The number of nitrogens with one attached hydrogen (secondary N) is 1. The van der Waals surface area contributed by atoms with E-state index in [1.165, 1.54) is 22.1 Å². The van der Waals surface area contributed by atoms with Crippen molar-refractivity contribution in [3.8, 4) is 0 Å².